The number of methoxy groups -OCH3 is 3. The molecule has 2 N–H and O–H groups in total. The molecule has 0 saturated carbocycles. The first kappa shape index (κ1) is 23.9. The summed E-state index contributed by atoms with van der Waals surface area (Å²) >= 11 is 0. The van der Waals surface area contributed by atoms with Gasteiger partial charge in [0.1, 0.15) is 6.61 Å². The van der Waals surface area contributed by atoms with Crippen LogP contribution in [0, 0.1) is 0 Å². The molecular formula is C26H30N2O5. The fraction of sp³-hybridized carbons (Fsp3) is 0.269. The number of hydrogen-bond acceptors (Lipinski definition) is 6. The summed E-state index contributed by atoms with van der Waals surface area (Å²) in [5, 5.41) is 6.23. The minimum Gasteiger partial charge on any atom is -0.493 e. The van der Waals surface area contributed by atoms with Gasteiger partial charge in [0.2, 0.25) is 0 Å². The third kappa shape index (κ3) is 6.89. The van der Waals surface area contributed by atoms with Gasteiger partial charge in [0.25, 0.3) is 5.91 Å². The van der Waals surface area contributed by atoms with Gasteiger partial charge >= 0.3 is 0 Å². The molecule has 0 unspecified atom stereocenters. The number of benzene rings is 3. The summed E-state index contributed by atoms with van der Waals surface area (Å²) in [6.45, 7) is 2.21. The molecule has 0 heterocycles. The van der Waals surface area contributed by atoms with E-state index in [9.17, 15) is 4.79 Å². The summed E-state index contributed by atoms with van der Waals surface area (Å²) in [5.74, 6) is 2.33. The van der Waals surface area contributed by atoms with Crippen LogP contribution in [0.2, 0.25) is 0 Å². The van der Waals surface area contributed by atoms with Crippen molar-refractivity contribution in [3.8, 4) is 23.0 Å². The van der Waals surface area contributed by atoms with Crippen LogP contribution in [-0.4, -0.2) is 40.3 Å². The number of amides is 1. The van der Waals surface area contributed by atoms with E-state index in [-0.39, 0.29) is 5.91 Å². The van der Waals surface area contributed by atoms with Gasteiger partial charge in [-0.25, -0.2) is 0 Å². The Morgan fingerprint density at radius 3 is 2.15 bits per heavy atom. The fourth-order valence-corrected chi connectivity index (χ4v) is 3.26. The van der Waals surface area contributed by atoms with Gasteiger partial charge in [0.15, 0.2) is 23.0 Å². The van der Waals surface area contributed by atoms with Crippen LogP contribution in [0.1, 0.15) is 21.5 Å². The molecule has 0 atom stereocenters. The summed E-state index contributed by atoms with van der Waals surface area (Å²) in [5.41, 5.74) is 2.67. The first-order valence-electron chi connectivity index (χ1n) is 10.7. The number of nitrogens with one attached hydrogen (secondary N) is 2. The van der Waals surface area contributed by atoms with Crippen molar-refractivity contribution in [2.75, 3.05) is 34.4 Å². The van der Waals surface area contributed by atoms with Crippen LogP contribution in [0.5, 0.6) is 23.0 Å². The predicted octanol–water partition coefficient (Wildman–Crippen LogP) is 3.81. The number of carbonyl (C=O) groups excluding carboxylic acids is 1. The largest absolute Gasteiger partial charge is 0.493 e. The molecular weight excluding hydrogens is 420 g/mol. The number of carbonyl (C=O) groups is 1. The number of ether oxygens (including phenoxy) is 4. The van der Waals surface area contributed by atoms with Crippen molar-refractivity contribution in [1.82, 2.24) is 10.6 Å². The van der Waals surface area contributed by atoms with Crippen molar-refractivity contribution in [3.63, 3.8) is 0 Å². The highest BCUT2D eigenvalue weighted by Crippen LogP contribution is 2.29. The second-order valence-electron chi connectivity index (χ2n) is 7.26. The molecule has 0 aromatic heterocycles. The van der Waals surface area contributed by atoms with Crippen LogP contribution in [0.3, 0.4) is 0 Å². The molecule has 7 nitrogen and oxygen atoms in total. The Labute approximate surface area is 194 Å². The number of hydrogen-bond donors (Lipinski definition) is 2. The highest BCUT2D eigenvalue weighted by molar-refractivity contribution is 5.94. The topological polar surface area (TPSA) is 78.1 Å². The van der Waals surface area contributed by atoms with Crippen LogP contribution in [0.4, 0.5) is 0 Å². The van der Waals surface area contributed by atoms with E-state index in [0.29, 0.717) is 54.8 Å². The van der Waals surface area contributed by atoms with Crippen molar-refractivity contribution in [1.29, 1.82) is 0 Å². The Morgan fingerprint density at radius 1 is 0.727 bits per heavy atom. The Bertz CT molecular complexity index is 1040. The van der Waals surface area contributed by atoms with E-state index in [4.69, 9.17) is 18.9 Å². The van der Waals surface area contributed by atoms with E-state index in [1.807, 2.05) is 48.5 Å². The summed E-state index contributed by atoms with van der Waals surface area (Å²) in [6.07, 6.45) is 0. The first-order chi connectivity index (χ1) is 16.1. The lowest BCUT2D eigenvalue weighted by atomic mass is 10.2. The van der Waals surface area contributed by atoms with Crippen LogP contribution >= 0.6 is 0 Å². The molecule has 3 aromatic carbocycles. The van der Waals surface area contributed by atoms with E-state index in [0.717, 1.165) is 11.1 Å². The average Bonchev–Trinajstić information content (AvgIpc) is 2.87. The van der Waals surface area contributed by atoms with Gasteiger partial charge in [-0.15, -0.1) is 0 Å². The van der Waals surface area contributed by atoms with E-state index < -0.39 is 0 Å². The molecule has 0 fully saturated rings. The summed E-state index contributed by atoms with van der Waals surface area (Å²) in [6, 6.07) is 20.9. The summed E-state index contributed by atoms with van der Waals surface area (Å²) < 4.78 is 21.8. The molecule has 0 spiro atoms. The van der Waals surface area contributed by atoms with Crippen LogP contribution in [0.25, 0.3) is 0 Å². The van der Waals surface area contributed by atoms with Gasteiger partial charge in [-0.1, -0.05) is 36.4 Å². The minimum absolute atomic E-state index is 0.168. The summed E-state index contributed by atoms with van der Waals surface area (Å²) in [4.78, 5) is 12.4. The quantitative estimate of drug-likeness (QED) is 0.409. The van der Waals surface area contributed by atoms with Crippen LogP contribution < -0.4 is 29.6 Å². The molecule has 7 heteroatoms. The van der Waals surface area contributed by atoms with E-state index in [1.54, 1.807) is 39.5 Å². The van der Waals surface area contributed by atoms with Crippen LogP contribution in [-0.2, 0) is 13.2 Å². The predicted molar refractivity (Wildman–Crippen MR) is 127 cm³/mol. The van der Waals surface area contributed by atoms with Gasteiger partial charge < -0.3 is 29.6 Å². The zero-order valence-electron chi connectivity index (χ0n) is 19.2. The molecule has 0 aliphatic carbocycles. The zero-order valence-corrected chi connectivity index (χ0v) is 19.2. The molecule has 3 rings (SSSR count). The maximum Gasteiger partial charge on any atom is 0.251 e. The maximum atomic E-state index is 12.4. The first-order valence-corrected chi connectivity index (χ1v) is 10.7. The van der Waals surface area contributed by atoms with Crippen LogP contribution in [0.15, 0.2) is 66.7 Å². The second kappa shape index (κ2) is 12.4. The highest BCUT2D eigenvalue weighted by atomic mass is 16.5. The van der Waals surface area contributed by atoms with Crippen molar-refractivity contribution < 1.29 is 23.7 Å². The average molecular weight is 451 g/mol. The Balaban J connectivity index is 1.47. The van der Waals surface area contributed by atoms with Gasteiger partial charge in [0, 0.05) is 25.2 Å². The van der Waals surface area contributed by atoms with Gasteiger partial charge in [-0.05, 0) is 41.5 Å². The molecule has 0 radical (unpaired) electrons. The van der Waals surface area contributed by atoms with Crippen molar-refractivity contribution in [2.24, 2.45) is 0 Å². The molecule has 174 valence electrons. The number of rotatable bonds is 12. The SMILES string of the molecule is COc1ccc(C(=O)NCCNCc2ccc(OC)c(OCc3ccccc3)c2)cc1OC. The van der Waals surface area contributed by atoms with Gasteiger partial charge in [0.05, 0.1) is 21.3 Å². The van der Waals surface area contributed by atoms with E-state index >= 15 is 0 Å². The smallest absolute Gasteiger partial charge is 0.251 e. The lowest BCUT2D eigenvalue weighted by molar-refractivity contribution is 0.0953. The van der Waals surface area contributed by atoms with Crippen molar-refractivity contribution in [3.05, 3.63) is 83.4 Å². The third-order valence-electron chi connectivity index (χ3n) is 5.03. The zero-order chi connectivity index (χ0) is 23.5. The summed E-state index contributed by atoms with van der Waals surface area (Å²) in [7, 11) is 4.73. The molecule has 1 amide bonds. The Hall–Kier alpha value is -3.71. The molecule has 3 aromatic rings. The van der Waals surface area contributed by atoms with Crippen molar-refractivity contribution in [2.45, 2.75) is 13.2 Å². The Morgan fingerprint density at radius 2 is 1.42 bits per heavy atom. The monoisotopic (exact) mass is 450 g/mol. The molecule has 33 heavy (non-hydrogen) atoms. The second-order valence-corrected chi connectivity index (χ2v) is 7.26. The van der Waals surface area contributed by atoms with E-state index in [2.05, 4.69) is 10.6 Å². The fourth-order valence-electron chi connectivity index (χ4n) is 3.26. The lowest BCUT2D eigenvalue weighted by Gasteiger charge is -2.13. The molecule has 0 bridgehead atoms. The molecule has 0 saturated heterocycles. The third-order valence-corrected chi connectivity index (χ3v) is 5.03. The van der Waals surface area contributed by atoms with Gasteiger partial charge in [-0.3, -0.25) is 4.79 Å². The Kier molecular flexibility index (Phi) is 8.97. The molecule has 0 aliphatic heterocycles. The standard InChI is InChI=1S/C26H30N2O5/c1-30-22-12-10-21(16-24(22)32-3)26(29)28-14-13-27-17-20-9-11-23(31-2)25(15-20)33-18-19-7-5-4-6-8-19/h4-12,15-16,27H,13-14,17-18H2,1-3H3,(H,28,29). The van der Waals surface area contributed by atoms with Gasteiger partial charge in [-0.2, -0.15) is 0 Å². The van der Waals surface area contributed by atoms with Crippen molar-refractivity contribution >= 4 is 5.91 Å². The minimum atomic E-state index is -0.168. The van der Waals surface area contributed by atoms with E-state index in [1.165, 1.54) is 0 Å². The normalized spacial score (nSPS) is 10.4. The lowest BCUT2D eigenvalue weighted by Crippen LogP contribution is -2.31. The maximum absolute atomic E-state index is 12.4. The highest BCUT2D eigenvalue weighted by Gasteiger charge is 2.10. The molecule has 0 aliphatic rings.